The van der Waals surface area contributed by atoms with E-state index >= 15 is 0 Å². The van der Waals surface area contributed by atoms with Gasteiger partial charge in [-0.25, -0.2) is 21.9 Å². The van der Waals surface area contributed by atoms with Gasteiger partial charge >= 0.3 is 15.6 Å². The fraction of sp³-hybridized carbons (Fsp3) is 0.364. The van der Waals surface area contributed by atoms with Gasteiger partial charge in [-0.05, 0) is 38.8 Å². The molecule has 0 spiro atoms. The molecule has 0 amide bonds. The number of allylic oxidation sites excluding steroid dienone is 2. The van der Waals surface area contributed by atoms with E-state index in [1.807, 2.05) is 31.2 Å². The highest BCUT2D eigenvalue weighted by Gasteiger charge is 2.31. The van der Waals surface area contributed by atoms with Crippen molar-refractivity contribution < 1.29 is 41.1 Å². The Hall–Kier alpha value is -1.85. The summed E-state index contributed by atoms with van der Waals surface area (Å²) in [5.74, 6) is 0. The molecule has 0 aliphatic carbocycles. The number of benzene rings is 2. The van der Waals surface area contributed by atoms with Crippen LogP contribution in [0.3, 0.4) is 0 Å². The molecular weight excluding hydrogens is 530 g/mol. The fourth-order valence-electron chi connectivity index (χ4n) is 3.24. The van der Waals surface area contributed by atoms with Crippen molar-refractivity contribution in [3.05, 3.63) is 59.7 Å². The lowest BCUT2D eigenvalue weighted by molar-refractivity contribution is 0.191. The Morgan fingerprint density at radius 2 is 1.64 bits per heavy atom. The number of nitrogens with one attached hydrogen (secondary N) is 1. The first kappa shape index (κ1) is 30.4. The molecule has 2 rings (SSSR count). The predicted molar refractivity (Wildman–Crippen MR) is 139 cm³/mol. The third-order valence-corrected chi connectivity index (χ3v) is 9.13. The number of phosphoric ester groups is 1. The number of nitrogens with zero attached hydrogens (tertiary/aromatic N) is 1. The summed E-state index contributed by atoms with van der Waals surface area (Å²) < 4.78 is 56.9. The Bertz CT molecular complexity index is 1330. The molecule has 0 saturated heterocycles. The minimum Gasteiger partial charge on any atom is -0.381 e. The van der Waals surface area contributed by atoms with Crippen molar-refractivity contribution >= 4 is 42.1 Å². The normalized spacial score (nSPS) is 15.3. The van der Waals surface area contributed by atoms with Crippen LogP contribution >= 0.6 is 15.6 Å². The van der Waals surface area contributed by atoms with Gasteiger partial charge in [-0.3, -0.25) is 4.52 Å². The molecule has 36 heavy (non-hydrogen) atoms. The van der Waals surface area contributed by atoms with E-state index in [4.69, 9.17) is 9.79 Å². The second-order valence-corrected chi connectivity index (χ2v) is 13.2. The molecule has 0 saturated carbocycles. The van der Waals surface area contributed by atoms with Gasteiger partial charge in [0, 0.05) is 37.1 Å². The Morgan fingerprint density at radius 3 is 2.28 bits per heavy atom. The monoisotopic (exact) mass is 562 g/mol. The lowest BCUT2D eigenvalue weighted by atomic mass is 10.1. The maximum atomic E-state index is 12.7. The Balaban J connectivity index is 1.96. The topological polar surface area (TPSA) is 163 Å². The van der Waals surface area contributed by atoms with E-state index < -0.39 is 25.7 Å². The van der Waals surface area contributed by atoms with E-state index in [0.29, 0.717) is 24.8 Å². The van der Waals surface area contributed by atoms with Crippen molar-refractivity contribution in [1.82, 2.24) is 4.31 Å². The van der Waals surface area contributed by atoms with E-state index in [1.165, 1.54) is 24.5 Å². The van der Waals surface area contributed by atoms with Crippen LogP contribution in [0.15, 0.2) is 64.6 Å². The molecule has 1 unspecified atom stereocenters. The molecule has 0 radical (unpaired) electrons. The van der Waals surface area contributed by atoms with Crippen molar-refractivity contribution in [2.75, 3.05) is 32.6 Å². The molecule has 2 aromatic carbocycles. The summed E-state index contributed by atoms with van der Waals surface area (Å²) in [6.45, 7) is 3.97. The van der Waals surface area contributed by atoms with Crippen LogP contribution in [0, 0.1) is 0 Å². The van der Waals surface area contributed by atoms with Crippen molar-refractivity contribution in [2.45, 2.75) is 31.6 Å². The third kappa shape index (κ3) is 9.23. The van der Waals surface area contributed by atoms with Gasteiger partial charge in [-0.15, -0.1) is 0 Å². The molecule has 0 aromatic heterocycles. The van der Waals surface area contributed by atoms with E-state index in [2.05, 4.69) is 14.2 Å². The van der Waals surface area contributed by atoms with Gasteiger partial charge in [0.15, 0.2) is 0 Å². The molecule has 1 atom stereocenters. The number of hydrogen-bond donors (Lipinski definition) is 4. The van der Waals surface area contributed by atoms with Crippen molar-refractivity contribution in [3.63, 3.8) is 0 Å². The highest BCUT2D eigenvalue weighted by molar-refractivity contribution is 7.89. The highest BCUT2D eigenvalue weighted by Crippen LogP contribution is 2.57. The maximum Gasteiger partial charge on any atom is 0.481 e. The zero-order valence-electron chi connectivity index (χ0n) is 20.5. The zero-order chi connectivity index (χ0) is 27.1. The second kappa shape index (κ2) is 12.6. The second-order valence-electron chi connectivity index (χ2n) is 8.27. The van der Waals surface area contributed by atoms with E-state index in [0.717, 1.165) is 22.2 Å². The fourth-order valence-corrected chi connectivity index (χ4v) is 5.87. The number of hydrogen-bond acceptors (Lipinski definition) is 7. The van der Waals surface area contributed by atoms with Gasteiger partial charge in [-0.2, -0.15) is 4.31 Å². The number of rotatable bonds is 13. The lowest BCUT2D eigenvalue weighted by Gasteiger charge is -2.16. The predicted octanol–water partition coefficient (Wildman–Crippen LogP) is 4.40. The molecule has 11 nitrogen and oxygen atoms in total. The molecule has 0 bridgehead atoms. The molecule has 0 heterocycles. The molecule has 14 heteroatoms. The van der Waals surface area contributed by atoms with Crippen LogP contribution in [0.4, 0.5) is 5.69 Å². The SMILES string of the molecule is C/C(=C\COP(=O)(O)OP(=O)(O)O)CC/C=C(\C)CNc1cccc2c(S(=O)(=O)N(C)C)cccc12. The number of fused-ring (bicyclic) bond motifs is 1. The summed E-state index contributed by atoms with van der Waals surface area (Å²) in [6, 6.07) is 10.7. The summed E-state index contributed by atoms with van der Waals surface area (Å²) in [5, 5.41) is 4.80. The molecule has 0 aliphatic rings. The van der Waals surface area contributed by atoms with E-state index in [1.54, 1.807) is 25.1 Å². The van der Waals surface area contributed by atoms with E-state index in [9.17, 15) is 22.4 Å². The van der Waals surface area contributed by atoms with Crippen LogP contribution < -0.4 is 5.32 Å². The summed E-state index contributed by atoms with van der Waals surface area (Å²) in [5.41, 5.74) is 2.73. The summed E-state index contributed by atoms with van der Waals surface area (Å²) >= 11 is 0. The van der Waals surface area contributed by atoms with Gasteiger partial charge in [0.2, 0.25) is 10.0 Å². The van der Waals surface area contributed by atoms with Crippen LogP contribution in [0.25, 0.3) is 10.8 Å². The van der Waals surface area contributed by atoms with Gasteiger partial charge in [0.25, 0.3) is 0 Å². The molecular formula is C22H32N2O9P2S. The average molecular weight is 563 g/mol. The Morgan fingerprint density at radius 1 is 1.00 bits per heavy atom. The van der Waals surface area contributed by atoms with E-state index in [-0.39, 0.29) is 11.5 Å². The van der Waals surface area contributed by atoms with Crippen LogP contribution in [0.5, 0.6) is 0 Å². The molecule has 4 N–H and O–H groups in total. The standard InChI is InChI=1S/C22H32N2O9P2S/c1-17(14-15-32-35(28,29)33-34(25,26)27)8-5-9-18(2)16-23-21-12-6-11-20-19(21)10-7-13-22(20)36(30,31)24(3)4/h6-7,9-14,23H,5,8,15-16H2,1-4H3,(H,28,29)(H2,25,26,27)/b17-14+,18-9+. The minimum atomic E-state index is -5.14. The van der Waals surface area contributed by atoms with Crippen molar-refractivity contribution in [2.24, 2.45) is 0 Å². The summed E-state index contributed by atoms with van der Waals surface area (Å²) in [4.78, 5) is 26.7. The van der Waals surface area contributed by atoms with Gasteiger partial charge in [0.1, 0.15) is 0 Å². The van der Waals surface area contributed by atoms with Crippen molar-refractivity contribution in [3.8, 4) is 0 Å². The lowest BCUT2D eigenvalue weighted by Crippen LogP contribution is -2.22. The number of phosphoric acid groups is 2. The molecule has 0 fully saturated rings. The molecule has 200 valence electrons. The van der Waals surface area contributed by atoms with Crippen LogP contribution in [0.1, 0.15) is 26.7 Å². The first-order valence-corrected chi connectivity index (χ1v) is 15.3. The zero-order valence-corrected chi connectivity index (χ0v) is 23.1. The Kier molecular flexibility index (Phi) is 10.6. The number of sulfonamides is 1. The highest BCUT2D eigenvalue weighted by atomic mass is 32.2. The molecule has 2 aromatic rings. The quantitative estimate of drug-likeness (QED) is 0.203. The van der Waals surface area contributed by atoms with Crippen LogP contribution in [-0.4, -0.2) is 54.7 Å². The number of anilines is 1. The smallest absolute Gasteiger partial charge is 0.381 e. The first-order chi connectivity index (χ1) is 16.6. The van der Waals surface area contributed by atoms with Gasteiger partial charge < -0.3 is 20.0 Å². The third-order valence-electron chi connectivity index (χ3n) is 5.11. The first-order valence-electron chi connectivity index (χ1n) is 10.9. The largest absolute Gasteiger partial charge is 0.481 e. The summed E-state index contributed by atoms with van der Waals surface area (Å²) in [6.07, 6.45) is 4.89. The van der Waals surface area contributed by atoms with Crippen LogP contribution in [-0.2, 0) is 28.0 Å². The maximum absolute atomic E-state index is 12.7. The Labute approximate surface area is 211 Å². The summed E-state index contributed by atoms with van der Waals surface area (Å²) in [7, 11) is -10.6. The average Bonchev–Trinajstić information content (AvgIpc) is 2.75. The van der Waals surface area contributed by atoms with Gasteiger partial charge in [-0.1, -0.05) is 47.6 Å². The van der Waals surface area contributed by atoms with Gasteiger partial charge in [0.05, 0.1) is 11.5 Å². The minimum absolute atomic E-state index is 0.248. The van der Waals surface area contributed by atoms with Crippen molar-refractivity contribution in [1.29, 1.82) is 0 Å². The molecule has 0 aliphatic heterocycles. The van der Waals surface area contributed by atoms with Crippen LogP contribution in [0.2, 0.25) is 0 Å².